The Kier molecular flexibility index (Phi) is 9.53. The molecule has 1 unspecified atom stereocenters. The molecule has 0 heterocycles. The van der Waals surface area contributed by atoms with Gasteiger partial charge in [-0.15, -0.1) is 0 Å². The summed E-state index contributed by atoms with van der Waals surface area (Å²) in [6.07, 6.45) is 1.53. The van der Waals surface area contributed by atoms with E-state index in [1.807, 2.05) is 40.7 Å². The molecule has 8 heteroatoms. The summed E-state index contributed by atoms with van der Waals surface area (Å²) in [5.41, 5.74) is 3.61. The standard InChI is InChI=1S/C24H30ClN3O4/c1-6-31-21-12-17(10-11-20(21)32-16(4)5)14-26-28-24(30)22(15(2)3)27-23(29)18-8-7-9-19(25)13-18/h7-16,22H,6H2,1-5H3,(H,27,29)(H,28,30). The van der Waals surface area contributed by atoms with Crippen LogP contribution in [0.2, 0.25) is 5.02 Å². The Labute approximate surface area is 194 Å². The van der Waals surface area contributed by atoms with Crippen LogP contribution in [0.3, 0.4) is 0 Å². The summed E-state index contributed by atoms with van der Waals surface area (Å²) < 4.78 is 11.4. The van der Waals surface area contributed by atoms with Gasteiger partial charge in [-0.05, 0) is 68.7 Å². The molecule has 0 saturated heterocycles. The summed E-state index contributed by atoms with van der Waals surface area (Å²) >= 11 is 5.95. The molecule has 0 aliphatic rings. The van der Waals surface area contributed by atoms with Crippen LogP contribution in [0.5, 0.6) is 11.5 Å². The minimum absolute atomic E-state index is 0.0168. The molecule has 2 aromatic carbocycles. The van der Waals surface area contributed by atoms with E-state index in [1.54, 1.807) is 36.4 Å². The highest BCUT2D eigenvalue weighted by Gasteiger charge is 2.24. The molecule has 0 bridgehead atoms. The van der Waals surface area contributed by atoms with Crippen LogP contribution in [0.25, 0.3) is 0 Å². The first-order chi connectivity index (χ1) is 15.2. The fourth-order valence-electron chi connectivity index (χ4n) is 2.85. The Balaban J connectivity index is 2.06. The normalized spacial score (nSPS) is 12.1. The molecule has 0 spiro atoms. The van der Waals surface area contributed by atoms with Crippen LogP contribution >= 0.6 is 11.6 Å². The van der Waals surface area contributed by atoms with Gasteiger partial charge in [-0.3, -0.25) is 9.59 Å². The van der Waals surface area contributed by atoms with Crippen molar-refractivity contribution in [3.05, 3.63) is 58.6 Å². The number of rotatable bonds is 10. The number of carbonyl (C=O) groups is 2. The Morgan fingerprint density at radius 2 is 1.84 bits per heavy atom. The molecule has 2 amide bonds. The zero-order valence-corrected chi connectivity index (χ0v) is 19.8. The van der Waals surface area contributed by atoms with E-state index in [4.69, 9.17) is 21.1 Å². The third-order valence-corrected chi connectivity index (χ3v) is 4.58. The predicted molar refractivity (Wildman–Crippen MR) is 127 cm³/mol. The van der Waals surface area contributed by atoms with Gasteiger partial charge in [0.15, 0.2) is 11.5 Å². The van der Waals surface area contributed by atoms with E-state index in [1.165, 1.54) is 6.21 Å². The van der Waals surface area contributed by atoms with Gasteiger partial charge in [-0.1, -0.05) is 31.5 Å². The molecular formula is C24H30ClN3O4. The van der Waals surface area contributed by atoms with Crippen LogP contribution in [0.1, 0.15) is 50.5 Å². The monoisotopic (exact) mass is 459 g/mol. The summed E-state index contributed by atoms with van der Waals surface area (Å²) in [5, 5.41) is 7.23. The Morgan fingerprint density at radius 3 is 2.47 bits per heavy atom. The van der Waals surface area contributed by atoms with Gasteiger partial charge in [0.05, 0.1) is 18.9 Å². The van der Waals surface area contributed by atoms with Gasteiger partial charge in [-0.25, -0.2) is 5.43 Å². The average Bonchev–Trinajstić information content (AvgIpc) is 2.73. The maximum Gasteiger partial charge on any atom is 0.262 e. The molecule has 0 aromatic heterocycles. The van der Waals surface area contributed by atoms with Crippen molar-refractivity contribution in [2.24, 2.45) is 11.0 Å². The SMILES string of the molecule is CCOc1cc(C=NNC(=O)C(NC(=O)c2cccc(Cl)c2)C(C)C)ccc1OC(C)C. The first-order valence-electron chi connectivity index (χ1n) is 10.5. The maximum absolute atomic E-state index is 12.6. The lowest BCUT2D eigenvalue weighted by molar-refractivity contribution is -0.123. The highest BCUT2D eigenvalue weighted by molar-refractivity contribution is 6.31. The molecule has 2 rings (SSSR count). The van der Waals surface area contributed by atoms with Crippen molar-refractivity contribution in [2.75, 3.05) is 6.61 Å². The zero-order chi connectivity index (χ0) is 23.7. The second-order valence-corrected chi connectivity index (χ2v) is 8.18. The molecule has 32 heavy (non-hydrogen) atoms. The van der Waals surface area contributed by atoms with Crippen molar-refractivity contribution in [1.29, 1.82) is 0 Å². The Morgan fingerprint density at radius 1 is 1.09 bits per heavy atom. The number of hydrogen-bond donors (Lipinski definition) is 2. The predicted octanol–water partition coefficient (Wildman–Crippen LogP) is 4.43. The van der Waals surface area contributed by atoms with Crippen molar-refractivity contribution < 1.29 is 19.1 Å². The first-order valence-corrected chi connectivity index (χ1v) is 10.9. The molecule has 1 atom stereocenters. The fourth-order valence-corrected chi connectivity index (χ4v) is 3.04. The van der Waals surface area contributed by atoms with E-state index in [-0.39, 0.29) is 17.9 Å². The third kappa shape index (κ3) is 7.57. The van der Waals surface area contributed by atoms with Crippen molar-refractivity contribution in [3.63, 3.8) is 0 Å². The van der Waals surface area contributed by atoms with E-state index >= 15 is 0 Å². The minimum Gasteiger partial charge on any atom is -0.490 e. The molecular weight excluding hydrogens is 430 g/mol. The van der Waals surface area contributed by atoms with Gasteiger partial charge >= 0.3 is 0 Å². The Hall–Kier alpha value is -3.06. The molecule has 0 aliphatic carbocycles. The van der Waals surface area contributed by atoms with Crippen LogP contribution in [-0.4, -0.2) is 36.8 Å². The molecule has 2 N–H and O–H groups in total. The van der Waals surface area contributed by atoms with Crippen molar-refractivity contribution >= 4 is 29.6 Å². The maximum atomic E-state index is 12.6. The van der Waals surface area contributed by atoms with E-state index in [0.29, 0.717) is 28.7 Å². The largest absolute Gasteiger partial charge is 0.490 e. The average molecular weight is 460 g/mol. The zero-order valence-electron chi connectivity index (χ0n) is 19.0. The summed E-state index contributed by atoms with van der Waals surface area (Å²) in [6.45, 7) is 9.95. The van der Waals surface area contributed by atoms with Gasteiger partial charge in [0, 0.05) is 10.6 Å². The van der Waals surface area contributed by atoms with Crippen LogP contribution in [0, 0.1) is 5.92 Å². The number of nitrogens with one attached hydrogen (secondary N) is 2. The Bertz CT molecular complexity index is 960. The van der Waals surface area contributed by atoms with Gasteiger partial charge in [-0.2, -0.15) is 5.10 Å². The van der Waals surface area contributed by atoms with E-state index in [0.717, 1.165) is 5.56 Å². The highest BCUT2D eigenvalue weighted by Crippen LogP contribution is 2.29. The second-order valence-electron chi connectivity index (χ2n) is 7.75. The van der Waals surface area contributed by atoms with Gasteiger partial charge in [0.25, 0.3) is 11.8 Å². The number of hydrogen-bond acceptors (Lipinski definition) is 5. The summed E-state index contributed by atoms with van der Waals surface area (Å²) in [4.78, 5) is 25.1. The summed E-state index contributed by atoms with van der Waals surface area (Å²) in [6, 6.07) is 11.2. The number of carbonyl (C=O) groups excluding carboxylic acids is 2. The lowest BCUT2D eigenvalue weighted by atomic mass is 10.0. The lowest BCUT2D eigenvalue weighted by Gasteiger charge is -2.20. The van der Waals surface area contributed by atoms with Crippen LogP contribution < -0.4 is 20.2 Å². The van der Waals surface area contributed by atoms with Crippen LogP contribution in [0.15, 0.2) is 47.6 Å². The third-order valence-electron chi connectivity index (χ3n) is 4.34. The molecule has 0 fully saturated rings. The minimum atomic E-state index is -0.764. The van der Waals surface area contributed by atoms with Crippen molar-refractivity contribution in [1.82, 2.24) is 10.7 Å². The molecule has 0 radical (unpaired) electrons. The smallest absolute Gasteiger partial charge is 0.262 e. The van der Waals surface area contributed by atoms with E-state index in [2.05, 4.69) is 15.8 Å². The van der Waals surface area contributed by atoms with Gasteiger partial charge in [0.1, 0.15) is 6.04 Å². The van der Waals surface area contributed by atoms with E-state index < -0.39 is 11.9 Å². The topological polar surface area (TPSA) is 89.0 Å². The number of amides is 2. The van der Waals surface area contributed by atoms with Crippen molar-refractivity contribution in [3.8, 4) is 11.5 Å². The number of benzene rings is 2. The quantitative estimate of drug-likeness (QED) is 0.406. The molecule has 0 aliphatic heterocycles. The number of hydrazone groups is 1. The molecule has 0 saturated carbocycles. The second kappa shape index (κ2) is 12.1. The van der Waals surface area contributed by atoms with Crippen molar-refractivity contribution in [2.45, 2.75) is 46.8 Å². The van der Waals surface area contributed by atoms with Gasteiger partial charge < -0.3 is 14.8 Å². The summed E-state index contributed by atoms with van der Waals surface area (Å²) in [5.74, 6) is 0.297. The first kappa shape index (κ1) is 25.2. The fraction of sp³-hybridized carbons (Fsp3) is 0.375. The van der Waals surface area contributed by atoms with Crippen LogP contribution in [0.4, 0.5) is 0 Å². The number of nitrogens with zero attached hydrogens (tertiary/aromatic N) is 1. The summed E-state index contributed by atoms with van der Waals surface area (Å²) in [7, 11) is 0. The molecule has 2 aromatic rings. The van der Waals surface area contributed by atoms with E-state index in [9.17, 15) is 9.59 Å². The van der Waals surface area contributed by atoms with Crippen LogP contribution in [-0.2, 0) is 4.79 Å². The highest BCUT2D eigenvalue weighted by atomic mass is 35.5. The molecule has 7 nitrogen and oxygen atoms in total. The number of halogens is 1. The van der Waals surface area contributed by atoms with Gasteiger partial charge in [0.2, 0.25) is 0 Å². The molecule has 172 valence electrons. The number of ether oxygens (including phenoxy) is 2. The lowest BCUT2D eigenvalue weighted by Crippen LogP contribution is -2.48.